The van der Waals surface area contributed by atoms with Crippen LogP contribution < -0.4 is 0 Å². The molecule has 4 aromatic rings. The molecule has 3 aromatic carbocycles. The normalized spacial score (nSPS) is 14.8. The zero-order valence-electron chi connectivity index (χ0n) is 19.7. The van der Waals surface area contributed by atoms with Gasteiger partial charge in [-0.3, -0.25) is 14.7 Å². The molecule has 0 aliphatic carbocycles. The van der Waals surface area contributed by atoms with E-state index in [1.54, 1.807) is 48.7 Å². The van der Waals surface area contributed by atoms with Crippen molar-refractivity contribution in [1.29, 1.82) is 0 Å². The lowest BCUT2D eigenvalue weighted by Crippen LogP contribution is -2.48. The van der Waals surface area contributed by atoms with Gasteiger partial charge in [-0.2, -0.15) is 0 Å². The maximum atomic E-state index is 13.1. The maximum Gasteiger partial charge on any atom is 0.253 e. The molecule has 1 fully saturated rings. The first-order chi connectivity index (χ1) is 17.4. The van der Waals surface area contributed by atoms with Crippen LogP contribution in [-0.2, 0) is 22.1 Å². The predicted octanol–water partition coefficient (Wildman–Crippen LogP) is 4.82. The van der Waals surface area contributed by atoms with Gasteiger partial charge in [0.1, 0.15) is 0 Å². The van der Waals surface area contributed by atoms with Crippen LogP contribution in [0.3, 0.4) is 0 Å². The quantitative estimate of drug-likeness (QED) is 0.365. The van der Waals surface area contributed by atoms with E-state index in [1.807, 2.05) is 41.3 Å². The van der Waals surface area contributed by atoms with Crippen LogP contribution in [0.2, 0.25) is 5.02 Å². The summed E-state index contributed by atoms with van der Waals surface area (Å²) >= 11 is 6.28. The van der Waals surface area contributed by atoms with Gasteiger partial charge in [-0.25, -0.2) is 8.42 Å². The summed E-state index contributed by atoms with van der Waals surface area (Å²) in [5.41, 5.74) is 2.75. The molecule has 0 bridgehead atoms. The van der Waals surface area contributed by atoms with Crippen molar-refractivity contribution in [3.63, 3.8) is 0 Å². The maximum absolute atomic E-state index is 13.1. The van der Waals surface area contributed by atoms with E-state index in [4.69, 9.17) is 11.6 Å². The lowest BCUT2D eigenvalue weighted by molar-refractivity contribution is 0.0628. The monoisotopic (exact) mass is 519 g/mol. The molecule has 0 radical (unpaired) electrons. The molecule has 0 saturated carbocycles. The number of benzene rings is 3. The average molecular weight is 520 g/mol. The van der Waals surface area contributed by atoms with Crippen LogP contribution in [-0.4, -0.2) is 55.3 Å². The second-order valence-corrected chi connectivity index (χ2v) is 11.3. The van der Waals surface area contributed by atoms with Gasteiger partial charge in [0.05, 0.1) is 16.2 Å². The van der Waals surface area contributed by atoms with Crippen LogP contribution in [0.25, 0.3) is 10.9 Å². The number of aromatic nitrogens is 1. The van der Waals surface area contributed by atoms with Crippen molar-refractivity contribution in [2.24, 2.45) is 0 Å². The first-order valence-corrected chi connectivity index (χ1v) is 13.8. The highest BCUT2D eigenvalue weighted by atomic mass is 35.5. The Hall–Kier alpha value is -3.26. The molecule has 184 valence electrons. The van der Waals surface area contributed by atoms with Gasteiger partial charge in [0.25, 0.3) is 5.91 Å². The fourth-order valence-corrected chi connectivity index (χ4v) is 6.26. The van der Waals surface area contributed by atoms with E-state index in [0.717, 1.165) is 35.6 Å². The number of hydrogen-bond donors (Lipinski definition) is 0. The van der Waals surface area contributed by atoms with Gasteiger partial charge in [-0.05, 0) is 41.5 Å². The van der Waals surface area contributed by atoms with Crippen molar-refractivity contribution in [2.75, 3.05) is 26.2 Å². The molecule has 6 nitrogen and oxygen atoms in total. The summed E-state index contributed by atoms with van der Waals surface area (Å²) in [7, 11) is -3.60. The summed E-state index contributed by atoms with van der Waals surface area (Å²) in [6.07, 6.45) is 1.60. The third-order valence-electron chi connectivity index (χ3n) is 6.50. The first kappa shape index (κ1) is 24.4. The molecule has 1 amide bonds. The van der Waals surface area contributed by atoms with Crippen LogP contribution >= 0.6 is 11.6 Å². The lowest BCUT2D eigenvalue weighted by atomic mass is 10.1. The number of piperazine rings is 1. The summed E-state index contributed by atoms with van der Waals surface area (Å²) in [6, 6.07) is 23.5. The summed E-state index contributed by atoms with van der Waals surface area (Å²) in [5, 5.41) is 1.54. The predicted molar refractivity (Wildman–Crippen MR) is 142 cm³/mol. The third kappa shape index (κ3) is 5.28. The van der Waals surface area contributed by atoms with Crippen molar-refractivity contribution >= 4 is 38.2 Å². The molecular formula is C28H26ClN3O3S. The minimum Gasteiger partial charge on any atom is -0.336 e. The van der Waals surface area contributed by atoms with Gasteiger partial charge in [-0.15, -0.1) is 0 Å². The summed E-state index contributed by atoms with van der Waals surface area (Å²) in [4.78, 5) is 21.7. The van der Waals surface area contributed by atoms with Gasteiger partial charge >= 0.3 is 0 Å². The second-order valence-electron chi connectivity index (χ2n) is 8.95. The molecule has 1 aliphatic rings. The summed E-state index contributed by atoms with van der Waals surface area (Å²) in [5.74, 6) is -0.196. The van der Waals surface area contributed by atoms with E-state index in [2.05, 4.69) is 9.88 Å². The lowest BCUT2D eigenvalue weighted by Gasteiger charge is -2.35. The molecule has 0 atom stereocenters. The molecule has 1 saturated heterocycles. The van der Waals surface area contributed by atoms with Gasteiger partial charge in [0, 0.05) is 54.9 Å². The Labute approximate surface area is 216 Å². The Balaban J connectivity index is 1.22. The van der Waals surface area contributed by atoms with Gasteiger partial charge in [0.15, 0.2) is 9.84 Å². The molecule has 0 N–H and O–H groups in total. The fraction of sp³-hybridized carbons (Fsp3) is 0.214. The van der Waals surface area contributed by atoms with E-state index in [1.165, 1.54) is 0 Å². The van der Waals surface area contributed by atoms with Gasteiger partial charge in [-0.1, -0.05) is 60.1 Å². The average Bonchev–Trinajstić information content (AvgIpc) is 2.90. The zero-order valence-corrected chi connectivity index (χ0v) is 21.3. The summed E-state index contributed by atoms with van der Waals surface area (Å²) < 4.78 is 26.3. The summed E-state index contributed by atoms with van der Waals surface area (Å²) in [6.45, 7) is 3.57. The zero-order chi connectivity index (χ0) is 25.1. The molecule has 2 heterocycles. The third-order valence-corrected chi connectivity index (χ3v) is 8.58. The van der Waals surface area contributed by atoms with Gasteiger partial charge < -0.3 is 4.90 Å². The minimum absolute atomic E-state index is 0.0416. The number of pyridine rings is 1. The minimum atomic E-state index is -3.60. The Morgan fingerprint density at radius 1 is 0.861 bits per heavy atom. The van der Waals surface area contributed by atoms with Crippen LogP contribution in [0.4, 0.5) is 0 Å². The highest BCUT2D eigenvalue weighted by Gasteiger charge is 2.23. The topological polar surface area (TPSA) is 70.6 Å². The Bertz CT molecular complexity index is 1490. The van der Waals surface area contributed by atoms with Crippen LogP contribution in [0, 0.1) is 0 Å². The SMILES string of the molecule is O=C(c1ccc(CS(=O)(=O)c2cccc3cccnc23)cc1)N1CCN(Cc2ccccc2Cl)CC1. The fourth-order valence-electron chi connectivity index (χ4n) is 4.53. The number of carbonyl (C=O) groups excluding carboxylic acids is 1. The van der Waals surface area contributed by atoms with E-state index in [0.29, 0.717) is 29.7 Å². The number of nitrogens with zero attached hydrogens (tertiary/aromatic N) is 3. The standard InChI is InChI=1S/C28H26ClN3O3S/c29-25-8-2-1-5-24(25)19-31-15-17-32(18-16-31)28(33)23-12-10-21(11-13-23)20-36(34,35)26-9-3-6-22-7-4-14-30-27(22)26/h1-14H,15-20H2. The van der Waals surface area contributed by atoms with Crippen molar-refractivity contribution in [1.82, 2.24) is 14.8 Å². The number of halogens is 1. The van der Waals surface area contributed by atoms with E-state index in [-0.39, 0.29) is 16.6 Å². The van der Waals surface area contributed by atoms with Crippen LogP contribution in [0.1, 0.15) is 21.5 Å². The molecule has 5 rings (SSSR count). The number of sulfone groups is 1. The molecule has 0 unspecified atom stereocenters. The highest BCUT2D eigenvalue weighted by molar-refractivity contribution is 7.90. The first-order valence-electron chi connectivity index (χ1n) is 11.8. The van der Waals surface area contributed by atoms with Gasteiger partial charge in [0.2, 0.25) is 0 Å². The number of rotatable bonds is 6. The smallest absolute Gasteiger partial charge is 0.253 e. The molecular weight excluding hydrogens is 494 g/mol. The van der Waals surface area contributed by atoms with E-state index in [9.17, 15) is 13.2 Å². The molecule has 0 spiro atoms. The number of para-hydroxylation sites is 1. The molecule has 36 heavy (non-hydrogen) atoms. The van der Waals surface area contributed by atoms with Crippen molar-refractivity contribution < 1.29 is 13.2 Å². The van der Waals surface area contributed by atoms with E-state index < -0.39 is 9.84 Å². The highest BCUT2D eigenvalue weighted by Crippen LogP contribution is 2.24. The largest absolute Gasteiger partial charge is 0.336 e. The number of carbonyl (C=O) groups is 1. The second kappa shape index (κ2) is 10.4. The van der Waals surface area contributed by atoms with Crippen molar-refractivity contribution in [3.05, 3.63) is 107 Å². The molecule has 1 aromatic heterocycles. The Morgan fingerprint density at radius 2 is 1.58 bits per heavy atom. The van der Waals surface area contributed by atoms with Crippen LogP contribution in [0.15, 0.2) is 90.0 Å². The number of hydrogen-bond acceptors (Lipinski definition) is 5. The van der Waals surface area contributed by atoms with E-state index >= 15 is 0 Å². The number of fused-ring (bicyclic) bond motifs is 1. The molecule has 1 aliphatic heterocycles. The number of amides is 1. The van der Waals surface area contributed by atoms with Crippen LogP contribution in [0.5, 0.6) is 0 Å². The van der Waals surface area contributed by atoms with Crippen molar-refractivity contribution in [3.8, 4) is 0 Å². The Morgan fingerprint density at radius 3 is 2.33 bits per heavy atom. The van der Waals surface area contributed by atoms with Crippen molar-refractivity contribution in [2.45, 2.75) is 17.2 Å². The Kier molecular flexibility index (Phi) is 7.05. The molecule has 8 heteroatoms.